The third kappa shape index (κ3) is 2.22. The average molecular weight is 222 g/mol. The number of fused-ring (bicyclic) bond motifs is 1. The SMILES string of the molecule is [C]1N=C(CCc2cccc3ccccc23)CN1. The van der Waals surface area contributed by atoms with E-state index in [0.717, 1.165) is 19.4 Å². The molecule has 1 heterocycles. The predicted molar refractivity (Wildman–Crippen MR) is 70.9 cm³/mol. The van der Waals surface area contributed by atoms with E-state index in [1.165, 1.54) is 22.0 Å². The molecule has 0 atom stereocenters. The molecule has 2 aromatic carbocycles. The minimum Gasteiger partial charge on any atom is -0.281 e. The van der Waals surface area contributed by atoms with E-state index >= 15 is 0 Å². The standard InChI is InChI=1S/C15H14N2/c1-2-7-15-12(4-1)5-3-6-13(15)8-9-14-10-16-11-17-14/h1-7,16H,8-10H2. The topological polar surface area (TPSA) is 24.4 Å². The molecule has 1 aliphatic heterocycles. The second-order valence-corrected chi connectivity index (χ2v) is 4.28. The van der Waals surface area contributed by atoms with Crippen LogP contribution in [0.3, 0.4) is 0 Å². The summed E-state index contributed by atoms with van der Waals surface area (Å²) in [5, 5.41) is 5.66. The highest BCUT2D eigenvalue weighted by Crippen LogP contribution is 2.20. The van der Waals surface area contributed by atoms with E-state index in [1.807, 2.05) is 0 Å². The van der Waals surface area contributed by atoms with Gasteiger partial charge in [-0.25, -0.2) is 0 Å². The Morgan fingerprint density at radius 2 is 1.94 bits per heavy atom. The van der Waals surface area contributed by atoms with E-state index < -0.39 is 0 Å². The molecule has 0 aromatic heterocycles. The van der Waals surface area contributed by atoms with Gasteiger partial charge in [0.25, 0.3) is 0 Å². The van der Waals surface area contributed by atoms with Crippen LogP contribution in [0.15, 0.2) is 47.5 Å². The highest BCUT2D eigenvalue weighted by atomic mass is 15.1. The molecule has 0 spiro atoms. The Balaban J connectivity index is 1.84. The largest absolute Gasteiger partial charge is 0.281 e. The Bertz CT molecular complexity index is 552. The molecule has 0 unspecified atom stereocenters. The van der Waals surface area contributed by atoms with Crippen molar-refractivity contribution >= 4 is 16.5 Å². The fraction of sp³-hybridized carbons (Fsp3) is 0.200. The number of aryl methyl sites for hydroxylation is 1. The molecule has 2 radical (unpaired) electrons. The maximum absolute atomic E-state index is 4.19. The van der Waals surface area contributed by atoms with Crippen LogP contribution in [0.4, 0.5) is 0 Å². The number of aliphatic imine (C=N–C) groups is 1. The van der Waals surface area contributed by atoms with Crippen LogP contribution in [0.5, 0.6) is 0 Å². The Kier molecular flexibility index (Phi) is 2.88. The summed E-state index contributed by atoms with van der Waals surface area (Å²) in [5.41, 5.74) is 2.59. The molecule has 3 rings (SSSR count). The summed E-state index contributed by atoms with van der Waals surface area (Å²) in [4.78, 5) is 4.19. The Morgan fingerprint density at radius 1 is 1.06 bits per heavy atom. The second kappa shape index (κ2) is 4.68. The molecule has 2 nitrogen and oxygen atoms in total. The zero-order valence-electron chi connectivity index (χ0n) is 9.61. The Morgan fingerprint density at radius 3 is 2.82 bits per heavy atom. The third-order valence-corrected chi connectivity index (χ3v) is 3.15. The summed E-state index contributed by atoms with van der Waals surface area (Å²) in [6, 6.07) is 15.0. The van der Waals surface area contributed by atoms with Gasteiger partial charge in [0, 0.05) is 12.3 Å². The number of nitrogens with one attached hydrogen (secondary N) is 1. The Hall–Kier alpha value is -1.67. The van der Waals surface area contributed by atoms with Crippen LogP contribution in [0, 0.1) is 6.67 Å². The first-order valence-corrected chi connectivity index (χ1v) is 5.93. The lowest BCUT2D eigenvalue weighted by atomic mass is 10.00. The Labute approximate surface area is 101 Å². The molecule has 2 heteroatoms. The van der Waals surface area contributed by atoms with Crippen LogP contribution in [0.25, 0.3) is 10.8 Å². The molecule has 0 amide bonds. The predicted octanol–water partition coefficient (Wildman–Crippen LogP) is 2.81. The van der Waals surface area contributed by atoms with Crippen molar-refractivity contribution in [3.63, 3.8) is 0 Å². The van der Waals surface area contributed by atoms with Crippen molar-refractivity contribution in [2.24, 2.45) is 4.99 Å². The normalized spacial score (nSPS) is 15.2. The molecule has 0 saturated heterocycles. The van der Waals surface area contributed by atoms with Gasteiger partial charge in [0.05, 0.1) is 0 Å². The van der Waals surface area contributed by atoms with Crippen LogP contribution in [-0.2, 0) is 6.42 Å². The van der Waals surface area contributed by atoms with Gasteiger partial charge < -0.3 is 0 Å². The highest BCUT2D eigenvalue weighted by molar-refractivity contribution is 5.90. The number of rotatable bonds is 3. The van der Waals surface area contributed by atoms with Crippen LogP contribution in [0.2, 0.25) is 0 Å². The lowest BCUT2D eigenvalue weighted by molar-refractivity contribution is 0.950. The molecule has 0 fully saturated rings. The van der Waals surface area contributed by atoms with Gasteiger partial charge in [-0.05, 0) is 29.2 Å². The molecule has 1 aliphatic rings. The maximum atomic E-state index is 4.19. The fourth-order valence-electron chi connectivity index (χ4n) is 2.23. The monoisotopic (exact) mass is 222 g/mol. The molecule has 0 bridgehead atoms. The molecular weight excluding hydrogens is 208 g/mol. The quantitative estimate of drug-likeness (QED) is 0.848. The van der Waals surface area contributed by atoms with Crippen molar-refractivity contribution in [2.45, 2.75) is 12.8 Å². The number of nitrogens with zero attached hydrogens (tertiary/aromatic N) is 1. The van der Waals surface area contributed by atoms with E-state index in [4.69, 9.17) is 0 Å². The van der Waals surface area contributed by atoms with Crippen LogP contribution in [0.1, 0.15) is 12.0 Å². The molecule has 1 N–H and O–H groups in total. The smallest absolute Gasteiger partial charge is 0.196 e. The fourth-order valence-corrected chi connectivity index (χ4v) is 2.23. The van der Waals surface area contributed by atoms with Crippen LogP contribution < -0.4 is 5.32 Å². The third-order valence-electron chi connectivity index (χ3n) is 3.15. The highest BCUT2D eigenvalue weighted by Gasteiger charge is 2.07. The minimum atomic E-state index is 0.852. The van der Waals surface area contributed by atoms with Gasteiger partial charge in [0.2, 0.25) is 0 Å². The second-order valence-electron chi connectivity index (χ2n) is 4.28. The summed E-state index contributed by atoms with van der Waals surface area (Å²) in [5.74, 6) is 0. The average Bonchev–Trinajstić information content (AvgIpc) is 2.89. The van der Waals surface area contributed by atoms with Crippen molar-refractivity contribution in [1.82, 2.24) is 5.32 Å². The molecule has 0 saturated carbocycles. The lowest BCUT2D eigenvalue weighted by Gasteiger charge is -2.06. The lowest BCUT2D eigenvalue weighted by Crippen LogP contribution is -2.11. The molecule has 0 aliphatic carbocycles. The zero-order valence-corrected chi connectivity index (χ0v) is 9.61. The molecule has 2 aromatic rings. The van der Waals surface area contributed by atoms with Gasteiger partial charge in [0.1, 0.15) is 0 Å². The van der Waals surface area contributed by atoms with E-state index in [9.17, 15) is 0 Å². The molecular formula is C15H14N2. The first-order chi connectivity index (χ1) is 8.43. The summed E-state index contributed by atoms with van der Waals surface area (Å²) in [6.07, 6.45) is 2.05. The number of hydrogen-bond donors (Lipinski definition) is 1. The molecule has 84 valence electrons. The first-order valence-electron chi connectivity index (χ1n) is 5.93. The van der Waals surface area contributed by atoms with Crippen molar-refractivity contribution in [3.05, 3.63) is 54.7 Å². The van der Waals surface area contributed by atoms with Gasteiger partial charge in [-0.1, -0.05) is 42.5 Å². The molecule has 17 heavy (non-hydrogen) atoms. The first kappa shape index (κ1) is 10.5. The summed E-state index contributed by atoms with van der Waals surface area (Å²) >= 11 is 0. The van der Waals surface area contributed by atoms with Gasteiger partial charge in [-0.2, -0.15) is 0 Å². The summed E-state index contributed by atoms with van der Waals surface area (Å²) in [6.45, 7) is 3.64. The van der Waals surface area contributed by atoms with Gasteiger partial charge >= 0.3 is 0 Å². The minimum absolute atomic E-state index is 0.852. The number of hydrogen-bond acceptors (Lipinski definition) is 2. The van der Waals surface area contributed by atoms with Gasteiger partial charge in [0.15, 0.2) is 6.67 Å². The van der Waals surface area contributed by atoms with Crippen LogP contribution >= 0.6 is 0 Å². The van der Waals surface area contributed by atoms with Crippen LogP contribution in [-0.4, -0.2) is 12.3 Å². The maximum Gasteiger partial charge on any atom is 0.196 e. The van der Waals surface area contributed by atoms with Crippen molar-refractivity contribution in [2.75, 3.05) is 6.54 Å². The van der Waals surface area contributed by atoms with E-state index in [-0.39, 0.29) is 0 Å². The summed E-state index contributed by atoms with van der Waals surface area (Å²) < 4.78 is 0. The number of benzene rings is 2. The van der Waals surface area contributed by atoms with E-state index in [0.29, 0.717) is 0 Å². The van der Waals surface area contributed by atoms with E-state index in [2.05, 4.69) is 59.4 Å². The van der Waals surface area contributed by atoms with Crippen molar-refractivity contribution in [3.8, 4) is 0 Å². The van der Waals surface area contributed by atoms with E-state index in [1.54, 1.807) is 0 Å². The zero-order chi connectivity index (χ0) is 11.5. The van der Waals surface area contributed by atoms with Crippen molar-refractivity contribution < 1.29 is 0 Å². The summed E-state index contributed by atoms with van der Waals surface area (Å²) in [7, 11) is 0. The van der Waals surface area contributed by atoms with Gasteiger partial charge in [-0.3, -0.25) is 10.3 Å². The van der Waals surface area contributed by atoms with Crippen molar-refractivity contribution in [1.29, 1.82) is 0 Å². The van der Waals surface area contributed by atoms with Gasteiger partial charge in [-0.15, -0.1) is 0 Å².